The van der Waals surface area contributed by atoms with Crippen molar-refractivity contribution < 1.29 is 0 Å². The van der Waals surface area contributed by atoms with Gasteiger partial charge in [0, 0.05) is 18.6 Å². The highest BCUT2D eigenvalue weighted by molar-refractivity contribution is 6.31. The van der Waals surface area contributed by atoms with Gasteiger partial charge in [-0.2, -0.15) is 0 Å². The number of halogens is 2. The highest BCUT2D eigenvalue weighted by Gasteiger charge is 2.12. The van der Waals surface area contributed by atoms with Crippen LogP contribution in [0.4, 0.5) is 0 Å². The second-order valence-electron chi connectivity index (χ2n) is 4.55. The molecular formula is C14H12Cl2N4. The Morgan fingerprint density at radius 1 is 1.30 bits per heavy atom. The fraction of sp³-hybridized carbons (Fsp3) is 0.214. The number of pyridine rings is 2. The van der Waals surface area contributed by atoms with Gasteiger partial charge >= 0.3 is 0 Å². The molecule has 0 unspecified atom stereocenters. The second-order valence-corrected chi connectivity index (χ2v) is 5.25. The Morgan fingerprint density at radius 3 is 2.90 bits per heavy atom. The molecule has 0 N–H and O–H groups in total. The maximum Gasteiger partial charge on any atom is 0.160 e. The van der Waals surface area contributed by atoms with E-state index in [9.17, 15) is 0 Å². The summed E-state index contributed by atoms with van der Waals surface area (Å²) in [7, 11) is 0. The van der Waals surface area contributed by atoms with Crippen molar-refractivity contribution in [2.24, 2.45) is 0 Å². The first-order valence-electron chi connectivity index (χ1n) is 6.15. The van der Waals surface area contributed by atoms with Crippen molar-refractivity contribution in [2.75, 3.05) is 0 Å². The average Bonchev–Trinajstić information content (AvgIpc) is 2.78. The van der Waals surface area contributed by atoms with Crippen LogP contribution in [0.25, 0.3) is 11.2 Å². The van der Waals surface area contributed by atoms with Gasteiger partial charge in [0.25, 0.3) is 0 Å². The van der Waals surface area contributed by atoms with Crippen molar-refractivity contribution >= 4 is 34.4 Å². The first kappa shape index (κ1) is 13.3. The summed E-state index contributed by atoms with van der Waals surface area (Å²) in [6.07, 6.45) is 5.25. The number of rotatable bonds is 3. The van der Waals surface area contributed by atoms with Gasteiger partial charge in [-0.1, -0.05) is 11.6 Å². The molecule has 102 valence electrons. The summed E-state index contributed by atoms with van der Waals surface area (Å²) in [6.45, 7) is 2.70. The van der Waals surface area contributed by atoms with Crippen LogP contribution in [0, 0.1) is 6.92 Å². The lowest BCUT2D eigenvalue weighted by molar-refractivity contribution is 0.765. The first-order chi connectivity index (χ1) is 9.69. The number of hydrogen-bond donors (Lipinski definition) is 0. The predicted octanol–water partition coefficient (Wildman–Crippen LogP) is 3.58. The van der Waals surface area contributed by atoms with E-state index in [1.807, 2.05) is 23.8 Å². The molecule has 4 nitrogen and oxygen atoms in total. The van der Waals surface area contributed by atoms with Gasteiger partial charge in [0.2, 0.25) is 0 Å². The van der Waals surface area contributed by atoms with Gasteiger partial charge in [0.1, 0.15) is 11.3 Å². The van der Waals surface area contributed by atoms with Crippen molar-refractivity contribution in [3.63, 3.8) is 0 Å². The van der Waals surface area contributed by atoms with Gasteiger partial charge in [-0.25, -0.2) is 9.97 Å². The Bertz CT molecular complexity index is 767. The van der Waals surface area contributed by atoms with Gasteiger partial charge in [0.15, 0.2) is 5.65 Å². The molecule has 0 aromatic carbocycles. The zero-order chi connectivity index (χ0) is 14.1. The molecule has 3 aromatic rings. The lowest BCUT2D eigenvalue weighted by Crippen LogP contribution is -2.06. The van der Waals surface area contributed by atoms with E-state index in [1.165, 1.54) is 5.56 Å². The van der Waals surface area contributed by atoms with Crippen LogP contribution in [0.3, 0.4) is 0 Å². The normalized spacial score (nSPS) is 11.2. The highest BCUT2D eigenvalue weighted by atomic mass is 35.5. The van der Waals surface area contributed by atoms with E-state index in [0.29, 0.717) is 17.4 Å². The van der Waals surface area contributed by atoms with Crippen LogP contribution in [0.2, 0.25) is 5.02 Å². The molecule has 0 spiro atoms. The molecule has 3 aromatic heterocycles. The standard InChI is InChI=1S/C14H12Cl2N4/c1-9-6-17-3-2-10(9)8-20-13(5-15)19-12-4-11(16)7-18-14(12)20/h2-4,6-7H,5,8H2,1H3. The number of nitrogens with zero attached hydrogens (tertiary/aromatic N) is 4. The van der Waals surface area contributed by atoms with E-state index >= 15 is 0 Å². The Hall–Kier alpha value is -1.65. The van der Waals surface area contributed by atoms with Crippen molar-refractivity contribution in [1.29, 1.82) is 0 Å². The molecule has 0 saturated carbocycles. The lowest BCUT2D eigenvalue weighted by Gasteiger charge is -2.09. The Kier molecular flexibility index (Phi) is 3.59. The molecule has 6 heteroatoms. The third-order valence-electron chi connectivity index (χ3n) is 3.22. The maximum atomic E-state index is 5.99. The van der Waals surface area contributed by atoms with Crippen LogP contribution in [0.1, 0.15) is 17.0 Å². The molecule has 0 aliphatic carbocycles. The van der Waals surface area contributed by atoms with Gasteiger partial charge in [-0.05, 0) is 30.2 Å². The number of fused-ring (bicyclic) bond motifs is 1. The molecule has 20 heavy (non-hydrogen) atoms. The van der Waals surface area contributed by atoms with Crippen molar-refractivity contribution in [1.82, 2.24) is 19.5 Å². The molecule has 0 bridgehead atoms. The number of imidazole rings is 1. The minimum absolute atomic E-state index is 0.331. The van der Waals surface area contributed by atoms with Crippen molar-refractivity contribution in [3.05, 3.63) is 52.7 Å². The zero-order valence-electron chi connectivity index (χ0n) is 10.8. The molecule has 3 heterocycles. The minimum Gasteiger partial charge on any atom is -0.307 e. The van der Waals surface area contributed by atoms with E-state index in [-0.39, 0.29) is 0 Å². The number of alkyl halides is 1. The summed E-state index contributed by atoms with van der Waals surface area (Å²) in [5.41, 5.74) is 3.85. The highest BCUT2D eigenvalue weighted by Crippen LogP contribution is 2.21. The maximum absolute atomic E-state index is 5.99. The summed E-state index contributed by atoms with van der Waals surface area (Å²) < 4.78 is 2.01. The molecule has 0 atom stereocenters. The van der Waals surface area contributed by atoms with Crippen LogP contribution in [0.15, 0.2) is 30.7 Å². The molecule has 0 aliphatic heterocycles. The van der Waals surface area contributed by atoms with E-state index < -0.39 is 0 Å². The minimum atomic E-state index is 0.331. The van der Waals surface area contributed by atoms with Crippen LogP contribution in [0.5, 0.6) is 0 Å². The average molecular weight is 307 g/mol. The monoisotopic (exact) mass is 306 g/mol. The van der Waals surface area contributed by atoms with Gasteiger partial charge < -0.3 is 4.57 Å². The van der Waals surface area contributed by atoms with Crippen molar-refractivity contribution in [2.45, 2.75) is 19.3 Å². The van der Waals surface area contributed by atoms with Crippen LogP contribution in [-0.4, -0.2) is 19.5 Å². The summed E-state index contributed by atoms with van der Waals surface area (Å²) in [5.74, 6) is 1.12. The molecule has 0 fully saturated rings. The van der Waals surface area contributed by atoms with Gasteiger partial charge in [-0.3, -0.25) is 4.98 Å². The van der Waals surface area contributed by atoms with Gasteiger partial charge in [-0.15, -0.1) is 11.6 Å². The Balaban J connectivity index is 2.12. The van der Waals surface area contributed by atoms with E-state index in [2.05, 4.69) is 15.0 Å². The van der Waals surface area contributed by atoms with Crippen LogP contribution >= 0.6 is 23.2 Å². The molecular weight excluding hydrogens is 295 g/mol. The summed E-state index contributed by atoms with van der Waals surface area (Å²) in [5, 5.41) is 0.573. The molecule has 3 rings (SSSR count). The first-order valence-corrected chi connectivity index (χ1v) is 7.06. The topological polar surface area (TPSA) is 43.6 Å². The van der Waals surface area contributed by atoms with E-state index in [1.54, 1.807) is 18.5 Å². The molecule has 0 saturated heterocycles. The second kappa shape index (κ2) is 5.38. The summed E-state index contributed by atoms with van der Waals surface area (Å²) in [6, 6.07) is 3.80. The Morgan fingerprint density at radius 2 is 2.15 bits per heavy atom. The fourth-order valence-electron chi connectivity index (χ4n) is 2.15. The largest absolute Gasteiger partial charge is 0.307 e. The summed E-state index contributed by atoms with van der Waals surface area (Å²) in [4.78, 5) is 13.0. The smallest absolute Gasteiger partial charge is 0.160 e. The number of aromatic nitrogens is 4. The SMILES string of the molecule is Cc1cnccc1Cn1c(CCl)nc2cc(Cl)cnc21. The number of hydrogen-bond acceptors (Lipinski definition) is 3. The van der Waals surface area contributed by atoms with Crippen LogP contribution in [-0.2, 0) is 12.4 Å². The lowest BCUT2D eigenvalue weighted by atomic mass is 10.1. The van der Waals surface area contributed by atoms with Crippen molar-refractivity contribution in [3.8, 4) is 0 Å². The fourth-order valence-corrected chi connectivity index (χ4v) is 2.51. The quantitative estimate of drug-likeness (QED) is 0.695. The van der Waals surface area contributed by atoms with Gasteiger partial charge in [0.05, 0.1) is 17.4 Å². The predicted molar refractivity (Wildman–Crippen MR) is 80.2 cm³/mol. The Labute approximate surface area is 126 Å². The zero-order valence-corrected chi connectivity index (χ0v) is 12.4. The third-order valence-corrected chi connectivity index (χ3v) is 3.66. The summed E-state index contributed by atoms with van der Waals surface area (Å²) >= 11 is 11.9. The molecule has 0 radical (unpaired) electrons. The molecule has 0 aliphatic rings. The third kappa shape index (κ3) is 2.37. The van der Waals surface area contributed by atoms with E-state index in [4.69, 9.17) is 23.2 Å². The molecule has 0 amide bonds. The van der Waals surface area contributed by atoms with E-state index in [0.717, 1.165) is 22.6 Å². The van der Waals surface area contributed by atoms with Crippen LogP contribution < -0.4 is 0 Å². The number of aryl methyl sites for hydroxylation is 1.